The van der Waals surface area contributed by atoms with Crippen molar-refractivity contribution in [3.63, 3.8) is 0 Å². The summed E-state index contributed by atoms with van der Waals surface area (Å²) in [4.78, 5) is 0. The largest absolute Gasteiger partial charge is 0.0654 e. The molecular weight excluding hydrogens is 360 g/mol. The summed E-state index contributed by atoms with van der Waals surface area (Å²) >= 11 is 0. The predicted octanol–water partition coefficient (Wildman–Crippen LogP) is 9.28. The fourth-order valence-electron chi connectivity index (χ4n) is 12.1. The number of hydrogen-bond donors (Lipinski definition) is 0. The Morgan fingerprint density at radius 2 is 1.23 bits per heavy atom. The van der Waals surface area contributed by atoms with Crippen LogP contribution in [0.3, 0.4) is 0 Å². The predicted molar refractivity (Wildman–Crippen MR) is 129 cm³/mol. The van der Waals surface area contributed by atoms with E-state index < -0.39 is 0 Å². The van der Waals surface area contributed by atoms with Gasteiger partial charge in [0.25, 0.3) is 0 Å². The average Bonchev–Trinajstić information content (AvgIpc) is 2.98. The Morgan fingerprint density at radius 3 is 1.90 bits per heavy atom. The summed E-state index contributed by atoms with van der Waals surface area (Å²) in [6.07, 6.45) is 19.6. The van der Waals surface area contributed by atoms with Gasteiger partial charge >= 0.3 is 0 Å². The van der Waals surface area contributed by atoms with E-state index in [0.29, 0.717) is 27.1 Å². The number of rotatable bonds is 2. The zero-order valence-electron chi connectivity index (χ0n) is 21.6. The van der Waals surface area contributed by atoms with E-state index in [0.717, 1.165) is 29.6 Å². The van der Waals surface area contributed by atoms with Crippen molar-refractivity contribution in [2.75, 3.05) is 0 Å². The first-order chi connectivity index (χ1) is 14.0. The Hall–Kier alpha value is 0. The van der Waals surface area contributed by atoms with Crippen LogP contribution in [0.25, 0.3) is 0 Å². The SMILES string of the molecule is CCC[C@@H]1CC[C@@]2(C)C1CCC1(C)C2CCC2C3(C)CCCC(C)(C)C3CCC21C. The van der Waals surface area contributed by atoms with Crippen LogP contribution in [0.5, 0.6) is 0 Å². The summed E-state index contributed by atoms with van der Waals surface area (Å²) in [7, 11) is 0. The van der Waals surface area contributed by atoms with E-state index in [9.17, 15) is 0 Å². The van der Waals surface area contributed by atoms with Crippen LogP contribution in [-0.4, -0.2) is 0 Å². The van der Waals surface area contributed by atoms with Crippen LogP contribution >= 0.6 is 0 Å². The minimum atomic E-state index is 0.564. The molecule has 0 spiro atoms. The summed E-state index contributed by atoms with van der Waals surface area (Å²) in [6.45, 7) is 18.8. The van der Waals surface area contributed by atoms with Crippen LogP contribution in [0.2, 0.25) is 0 Å². The Morgan fingerprint density at radius 1 is 0.600 bits per heavy atom. The average molecular weight is 413 g/mol. The van der Waals surface area contributed by atoms with Gasteiger partial charge in [-0.2, -0.15) is 0 Å². The van der Waals surface area contributed by atoms with Crippen LogP contribution in [0.4, 0.5) is 0 Å². The molecule has 0 bridgehead atoms. The monoisotopic (exact) mass is 412 g/mol. The second-order valence-electron chi connectivity index (χ2n) is 14.7. The minimum Gasteiger partial charge on any atom is -0.0654 e. The van der Waals surface area contributed by atoms with E-state index in [4.69, 9.17) is 0 Å². The topological polar surface area (TPSA) is 0 Å². The molecule has 0 aromatic carbocycles. The third-order valence-electron chi connectivity index (χ3n) is 13.5. The van der Waals surface area contributed by atoms with Gasteiger partial charge < -0.3 is 0 Å². The molecule has 5 saturated carbocycles. The highest BCUT2D eigenvalue weighted by Crippen LogP contribution is 2.77. The van der Waals surface area contributed by atoms with Crippen LogP contribution in [0.15, 0.2) is 0 Å². The highest BCUT2D eigenvalue weighted by atomic mass is 14.7. The van der Waals surface area contributed by atoms with Crippen molar-refractivity contribution in [2.45, 2.75) is 132 Å². The molecule has 5 aliphatic rings. The van der Waals surface area contributed by atoms with Crippen LogP contribution in [-0.2, 0) is 0 Å². The molecule has 5 aliphatic carbocycles. The second-order valence-corrected chi connectivity index (χ2v) is 14.7. The van der Waals surface area contributed by atoms with Crippen molar-refractivity contribution in [2.24, 2.45) is 56.7 Å². The summed E-state index contributed by atoms with van der Waals surface area (Å²) in [6, 6.07) is 0. The first kappa shape index (κ1) is 21.8. The van der Waals surface area contributed by atoms with Crippen molar-refractivity contribution in [3.05, 3.63) is 0 Å². The Labute approximate surface area is 188 Å². The van der Waals surface area contributed by atoms with Gasteiger partial charge in [0.15, 0.2) is 0 Å². The van der Waals surface area contributed by atoms with Crippen LogP contribution in [0.1, 0.15) is 132 Å². The Balaban J connectivity index is 1.50. The zero-order chi connectivity index (χ0) is 21.6. The molecule has 30 heavy (non-hydrogen) atoms. The molecule has 0 radical (unpaired) electrons. The van der Waals surface area contributed by atoms with E-state index in [1.54, 1.807) is 19.3 Å². The number of hydrogen-bond acceptors (Lipinski definition) is 0. The maximum atomic E-state index is 2.82. The minimum absolute atomic E-state index is 0.564. The summed E-state index contributed by atoms with van der Waals surface area (Å²) in [5.74, 6) is 5.00. The molecule has 0 amide bonds. The van der Waals surface area contributed by atoms with Gasteiger partial charge in [-0.05, 0) is 121 Å². The van der Waals surface area contributed by atoms with Crippen molar-refractivity contribution in [3.8, 4) is 0 Å². The Kier molecular flexibility index (Phi) is 4.92. The molecule has 0 heterocycles. The third kappa shape index (κ3) is 2.58. The summed E-state index contributed by atoms with van der Waals surface area (Å²) in [5.41, 5.74) is 2.96. The lowest BCUT2D eigenvalue weighted by molar-refractivity contribution is -0.241. The lowest BCUT2D eigenvalue weighted by Crippen LogP contribution is -2.65. The van der Waals surface area contributed by atoms with E-state index >= 15 is 0 Å². The van der Waals surface area contributed by atoms with E-state index in [1.807, 2.05) is 0 Å². The molecule has 7 unspecified atom stereocenters. The van der Waals surface area contributed by atoms with Gasteiger partial charge in [-0.25, -0.2) is 0 Å². The first-order valence-electron chi connectivity index (χ1n) is 14.0. The lowest BCUT2D eigenvalue weighted by atomic mass is 9.32. The van der Waals surface area contributed by atoms with E-state index in [1.165, 1.54) is 64.2 Å². The summed E-state index contributed by atoms with van der Waals surface area (Å²) < 4.78 is 0. The molecule has 0 saturated heterocycles. The molecule has 5 fully saturated rings. The van der Waals surface area contributed by atoms with Crippen molar-refractivity contribution in [1.82, 2.24) is 0 Å². The molecule has 0 aromatic rings. The molecule has 172 valence electrons. The highest BCUT2D eigenvalue weighted by Gasteiger charge is 2.70. The standard InChI is InChI=1S/C30H52/c1-8-10-21-13-18-27(4)22(21)14-19-29(6)24(27)11-12-25-28(5)17-9-16-26(2,3)23(28)15-20-30(25,29)7/h21-25H,8-20H2,1-7H3/t21-,22?,23?,24?,25?,27+,28?,29?,30?/m1/s1. The van der Waals surface area contributed by atoms with Gasteiger partial charge in [0.05, 0.1) is 0 Å². The van der Waals surface area contributed by atoms with E-state index in [2.05, 4.69) is 48.5 Å². The maximum Gasteiger partial charge on any atom is -0.0235 e. The third-order valence-corrected chi connectivity index (χ3v) is 13.5. The molecule has 0 heteroatoms. The van der Waals surface area contributed by atoms with Gasteiger partial charge in [-0.1, -0.05) is 67.7 Å². The Bertz CT molecular complexity index is 676. The molecule has 9 atom stereocenters. The van der Waals surface area contributed by atoms with Crippen LogP contribution in [0, 0.1) is 56.7 Å². The quantitative estimate of drug-likeness (QED) is 0.424. The molecular formula is C30H52. The normalized spacial score (nSPS) is 57.1. The van der Waals surface area contributed by atoms with Gasteiger partial charge in [0.1, 0.15) is 0 Å². The first-order valence-corrected chi connectivity index (χ1v) is 14.0. The fraction of sp³-hybridized carbons (Fsp3) is 1.00. The second kappa shape index (κ2) is 6.76. The van der Waals surface area contributed by atoms with Crippen molar-refractivity contribution in [1.29, 1.82) is 0 Å². The lowest BCUT2D eigenvalue weighted by Gasteiger charge is -2.73. The van der Waals surface area contributed by atoms with E-state index in [-0.39, 0.29) is 0 Å². The molecule has 0 N–H and O–H groups in total. The summed E-state index contributed by atoms with van der Waals surface area (Å²) in [5, 5.41) is 0. The van der Waals surface area contributed by atoms with Gasteiger partial charge in [0.2, 0.25) is 0 Å². The van der Waals surface area contributed by atoms with Gasteiger partial charge in [-0.3, -0.25) is 0 Å². The molecule has 0 aliphatic heterocycles. The highest BCUT2D eigenvalue weighted by molar-refractivity contribution is 5.18. The zero-order valence-corrected chi connectivity index (χ0v) is 21.6. The molecule has 5 rings (SSSR count). The molecule has 0 aromatic heterocycles. The van der Waals surface area contributed by atoms with Crippen molar-refractivity contribution < 1.29 is 0 Å². The smallest absolute Gasteiger partial charge is 0.0235 e. The van der Waals surface area contributed by atoms with Gasteiger partial charge in [0, 0.05) is 0 Å². The van der Waals surface area contributed by atoms with Gasteiger partial charge in [-0.15, -0.1) is 0 Å². The molecule has 0 nitrogen and oxygen atoms in total. The maximum absolute atomic E-state index is 2.82. The van der Waals surface area contributed by atoms with Crippen molar-refractivity contribution >= 4 is 0 Å². The van der Waals surface area contributed by atoms with Crippen LogP contribution < -0.4 is 0 Å². The fourth-order valence-corrected chi connectivity index (χ4v) is 12.1. The number of fused-ring (bicyclic) bond motifs is 7.